The second-order valence-corrected chi connectivity index (χ2v) is 4.38. The van der Waals surface area contributed by atoms with Crippen molar-refractivity contribution in [2.45, 2.75) is 19.3 Å². The molecular weight excluding hydrogens is 168 g/mol. The fraction of sp³-hybridized carbons (Fsp3) is 0.286. The van der Waals surface area contributed by atoms with E-state index in [-0.39, 0.29) is 5.41 Å². The minimum Gasteiger partial charge on any atom is -0.0768 e. The summed E-state index contributed by atoms with van der Waals surface area (Å²) in [5.74, 6) is 0.532. The average molecular weight is 184 g/mol. The molecule has 0 atom stereocenters. The summed E-state index contributed by atoms with van der Waals surface area (Å²) in [5.41, 5.74) is 1.60. The molecule has 0 saturated carbocycles. The summed E-state index contributed by atoms with van der Waals surface area (Å²) >= 11 is 0. The van der Waals surface area contributed by atoms with Gasteiger partial charge >= 0.3 is 0 Å². The van der Waals surface area contributed by atoms with E-state index in [1.165, 1.54) is 5.56 Å². The lowest BCUT2D eigenvalue weighted by Crippen LogP contribution is -2.25. The van der Waals surface area contributed by atoms with Crippen LogP contribution in [0, 0.1) is 5.92 Å². The Balaban J connectivity index is 2.32. The van der Waals surface area contributed by atoms with E-state index < -0.39 is 0 Å². The van der Waals surface area contributed by atoms with Crippen molar-refractivity contribution in [1.29, 1.82) is 0 Å². The van der Waals surface area contributed by atoms with Gasteiger partial charge in [-0.05, 0) is 11.0 Å². The third kappa shape index (κ3) is 1.52. The van der Waals surface area contributed by atoms with Crippen LogP contribution in [0.5, 0.6) is 0 Å². The first-order valence-corrected chi connectivity index (χ1v) is 5.12. The van der Waals surface area contributed by atoms with Gasteiger partial charge in [-0.25, -0.2) is 0 Å². The first-order valence-electron chi connectivity index (χ1n) is 5.12. The minimum absolute atomic E-state index is 0.199. The zero-order valence-corrected chi connectivity index (χ0v) is 8.77. The molecule has 1 aliphatic rings. The van der Waals surface area contributed by atoms with Crippen molar-refractivity contribution in [3.05, 3.63) is 60.2 Å². The van der Waals surface area contributed by atoms with E-state index in [9.17, 15) is 0 Å². The first-order chi connectivity index (χ1) is 6.71. The number of benzene rings is 1. The number of rotatable bonds is 2. The van der Waals surface area contributed by atoms with E-state index in [4.69, 9.17) is 0 Å². The van der Waals surface area contributed by atoms with Crippen molar-refractivity contribution in [3.8, 4) is 0 Å². The lowest BCUT2D eigenvalue weighted by Gasteiger charge is -2.30. The molecule has 0 amide bonds. The molecule has 0 unspecified atom stereocenters. The molecule has 0 heterocycles. The molecule has 2 rings (SSSR count). The average Bonchev–Trinajstić information content (AvgIpc) is 2.72. The molecule has 0 radical (unpaired) electrons. The molecule has 0 saturated heterocycles. The van der Waals surface area contributed by atoms with Crippen LogP contribution in [-0.2, 0) is 5.41 Å². The van der Waals surface area contributed by atoms with E-state index in [0.29, 0.717) is 5.92 Å². The molecule has 72 valence electrons. The number of hydrogen-bond donors (Lipinski definition) is 0. The largest absolute Gasteiger partial charge is 0.0768 e. The maximum absolute atomic E-state index is 2.30. The second-order valence-electron chi connectivity index (χ2n) is 4.38. The lowest BCUT2D eigenvalue weighted by atomic mass is 9.74. The van der Waals surface area contributed by atoms with Crippen LogP contribution in [0.15, 0.2) is 54.6 Å². The zero-order valence-electron chi connectivity index (χ0n) is 8.77. The van der Waals surface area contributed by atoms with Crippen LogP contribution in [0.4, 0.5) is 0 Å². The molecule has 0 aromatic heterocycles. The molecule has 0 heteroatoms. The predicted octanol–water partition coefficient (Wildman–Crippen LogP) is 3.71. The van der Waals surface area contributed by atoms with Gasteiger partial charge in [-0.3, -0.25) is 0 Å². The van der Waals surface area contributed by atoms with Crippen LogP contribution < -0.4 is 0 Å². The standard InChI is InChI=1S/C14H16/c1-14(2,13-10-6-7-11-13)12-8-4-3-5-9-12/h3-11,13H,1-2H3. The summed E-state index contributed by atoms with van der Waals surface area (Å²) in [6, 6.07) is 10.7. The Hall–Kier alpha value is -1.30. The van der Waals surface area contributed by atoms with Gasteiger partial charge in [0.15, 0.2) is 0 Å². The van der Waals surface area contributed by atoms with Crippen molar-refractivity contribution >= 4 is 0 Å². The molecule has 0 aliphatic heterocycles. The van der Waals surface area contributed by atoms with E-state index in [1.807, 2.05) is 0 Å². The predicted molar refractivity (Wildman–Crippen MR) is 61.2 cm³/mol. The molecule has 0 N–H and O–H groups in total. The number of allylic oxidation sites excluding steroid dienone is 4. The quantitative estimate of drug-likeness (QED) is 0.657. The summed E-state index contributed by atoms with van der Waals surface area (Å²) in [7, 11) is 0. The summed E-state index contributed by atoms with van der Waals surface area (Å²) in [5, 5.41) is 0. The Morgan fingerprint density at radius 1 is 0.929 bits per heavy atom. The van der Waals surface area contributed by atoms with Crippen LogP contribution in [0.2, 0.25) is 0 Å². The highest BCUT2D eigenvalue weighted by Gasteiger charge is 2.28. The van der Waals surface area contributed by atoms with E-state index in [2.05, 4.69) is 68.5 Å². The van der Waals surface area contributed by atoms with E-state index in [0.717, 1.165) is 0 Å². The number of hydrogen-bond acceptors (Lipinski definition) is 0. The smallest absolute Gasteiger partial charge is 0.00445 e. The summed E-state index contributed by atoms with van der Waals surface area (Å²) < 4.78 is 0. The van der Waals surface area contributed by atoms with Gasteiger partial charge in [0, 0.05) is 5.92 Å². The topological polar surface area (TPSA) is 0 Å². The Kier molecular flexibility index (Phi) is 2.28. The molecule has 14 heavy (non-hydrogen) atoms. The lowest BCUT2D eigenvalue weighted by molar-refractivity contribution is 0.448. The highest BCUT2D eigenvalue weighted by molar-refractivity contribution is 5.32. The Labute approximate surface area is 86.0 Å². The van der Waals surface area contributed by atoms with Crippen molar-refractivity contribution < 1.29 is 0 Å². The van der Waals surface area contributed by atoms with Gasteiger partial charge in [-0.15, -0.1) is 0 Å². The van der Waals surface area contributed by atoms with Gasteiger partial charge in [0.2, 0.25) is 0 Å². The van der Waals surface area contributed by atoms with Gasteiger partial charge in [0.25, 0.3) is 0 Å². The van der Waals surface area contributed by atoms with E-state index in [1.54, 1.807) is 0 Å². The van der Waals surface area contributed by atoms with Crippen molar-refractivity contribution in [1.82, 2.24) is 0 Å². The van der Waals surface area contributed by atoms with Gasteiger partial charge in [0.05, 0.1) is 0 Å². The molecule has 0 nitrogen and oxygen atoms in total. The SMILES string of the molecule is CC(C)(c1ccccc1)C1C=CC=C1. The Bertz CT molecular complexity index is 343. The first kappa shape index (κ1) is 9.26. The van der Waals surface area contributed by atoms with Crippen LogP contribution in [0.1, 0.15) is 19.4 Å². The van der Waals surface area contributed by atoms with Crippen LogP contribution in [0.3, 0.4) is 0 Å². The van der Waals surface area contributed by atoms with Crippen LogP contribution in [0.25, 0.3) is 0 Å². The highest BCUT2D eigenvalue weighted by Crippen LogP contribution is 2.35. The summed E-state index contributed by atoms with van der Waals surface area (Å²) in [4.78, 5) is 0. The van der Waals surface area contributed by atoms with Gasteiger partial charge in [0.1, 0.15) is 0 Å². The molecule has 1 aliphatic carbocycles. The fourth-order valence-electron chi connectivity index (χ4n) is 1.97. The van der Waals surface area contributed by atoms with Crippen molar-refractivity contribution in [2.24, 2.45) is 5.92 Å². The van der Waals surface area contributed by atoms with Crippen LogP contribution >= 0.6 is 0 Å². The maximum atomic E-state index is 2.30. The van der Waals surface area contributed by atoms with Gasteiger partial charge < -0.3 is 0 Å². The minimum atomic E-state index is 0.199. The fourth-order valence-corrected chi connectivity index (χ4v) is 1.97. The maximum Gasteiger partial charge on any atom is 0.00445 e. The molecule has 0 fully saturated rings. The second kappa shape index (κ2) is 3.45. The third-order valence-corrected chi connectivity index (χ3v) is 3.10. The molecule has 0 bridgehead atoms. The molecule has 1 aromatic carbocycles. The monoisotopic (exact) mass is 184 g/mol. The van der Waals surface area contributed by atoms with E-state index >= 15 is 0 Å². The van der Waals surface area contributed by atoms with Crippen molar-refractivity contribution in [3.63, 3.8) is 0 Å². The Morgan fingerprint density at radius 2 is 1.50 bits per heavy atom. The summed E-state index contributed by atoms with van der Waals surface area (Å²) in [6.07, 6.45) is 8.81. The normalized spacial score (nSPS) is 16.4. The third-order valence-electron chi connectivity index (χ3n) is 3.10. The van der Waals surface area contributed by atoms with Crippen molar-refractivity contribution in [2.75, 3.05) is 0 Å². The Morgan fingerprint density at radius 3 is 2.07 bits per heavy atom. The zero-order chi connectivity index (χ0) is 10.0. The van der Waals surface area contributed by atoms with Gasteiger partial charge in [-0.1, -0.05) is 68.5 Å². The highest BCUT2D eigenvalue weighted by atomic mass is 14.3. The molecule has 0 spiro atoms. The van der Waals surface area contributed by atoms with Crippen LogP contribution in [-0.4, -0.2) is 0 Å². The molecular formula is C14H16. The molecule has 1 aromatic rings. The van der Waals surface area contributed by atoms with Gasteiger partial charge in [-0.2, -0.15) is 0 Å². The summed E-state index contributed by atoms with van der Waals surface area (Å²) in [6.45, 7) is 4.60.